The second-order valence-electron chi connectivity index (χ2n) is 3.84. The second kappa shape index (κ2) is 6.02. The molecule has 0 fully saturated rings. The van der Waals surface area contributed by atoms with Gasteiger partial charge in [-0.2, -0.15) is 9.98 Å². The van der Waals surface area contributed by atoms with Gasteiger partial charge in [0.25, 0.3) is 0 Å². The van der Waals surface area contributed by atoms with E-state index in [-0.39, 0.29) is 12.0 Å². The molecule has 8 heteroatoms. The fraction of sp³-hybridized carbons (Fsp3) is 0.0833. The number of aliphatic imine (C=N–C) groups is 1. The molecule has 7 nitrogen and oxygen atoms in total. The SMILES string of the molecule is CNC(=S)Nc1cccc(-c2coc(N=C(N)N)n2)c1. The van der Waals surface area contributed by atoms with Crippen molar-refractivity contribution in [2.24, 2.45) is 16.5 Å². The third kappa shape index (κ3) is 3.45. The molecule has 0 saturated heterocycles. The molecule has 0 saturated carbocycles. The van der Waals surface area contributed by atoms with Crippen LogP contribution in [0.3, 0.4) is 0 Å². The van der Waals surface area contributed by atoms with Crippen molar-refractivity contribution in [3.8, 4) is 11.3 Å². The summed E-state index contributed by atoms with van der Waals surface area (Å²) >= 11 is 5.05. The van der Waals surface area contributed by atoms with E-state index in [2.05, 4.69) is 20.6 Å². The zero-order valence-electron chi connectivity index (χ0n) is 10.8. The van der Waals surface area contributed by atoms with E-state index in [1.807, 2.05) is 24.3 Å². The number of aromatic nitrogens is 1. The normalized spacial score (nSPS) is 9.85. The van der Waals surface area contributed by atoms with Gasteiger partial charge in [0, 0.05) is 18.3 Å². The van der Waals surface area contributed by atoms with Crippen molar-refractivity contribution in [2.45, 2.75) is 0 Å². The number of thiocarbonyl (C=S) groups is 1. The maximum Gasteiger partial charge on any atom is 0.325 e. The highest BCUT2D eigenvalue weighted by atomic mass is 32.1. The van der Waals surface area contributed by atoms with E-state index in [4.69, 9.17) is 28.1 Å². The van der Waals surface area contributed by atoms with Gasteiger partial charge in [0.15, 0.2) is 11.1 Å². The fourth-order valence-electron chi connectivity index (χ4n) is 1.51. The Kier molecular flexibility index (Phi) is 4.16. The molecule has 0 amide bonds. The fourth-order valence-corrected chi connectivity index (χ4v) is 1.63. The van der Waals surface area contributed by atoms with Gasteiger partial charge in [-0.25, -0.2) is 0 Å². The van der Waals surface area contributed by atoms with Gasteiger partial charge in [-0.3, -0.25) is 0 Å². The molecule has 2 rings (SSSR count). The number of nitrogens with two attached hydrogens (primary N) is 2. The molecule has 0 aliphatic heterocycles. The van der Waals surface area contributed by atoms with E-state index >= 15 is 0 Å². The molecule has 20 heavy (non-hydrogen) atoms. The van der Waals surface area contributed by atoms with Crippen LogP contribution in [-0.2, 0) is 0 Å². The van der Waals surface area contributed by atoms with Gasteiger partial charge in [-0.05, 0) is 24.4 Å². The molecule has 0 bridgehead atoms. The van der Waals surface area contributed by atoms with Crippen molar-refractivity contribution >= 4 is 35.0 Å². The van der Waals surface area contributed by atoms with Crippen LogP contribution in [0.15, 0.2) is 39.9 Å². The first kappa shape index (κ1) is 13.8. The van der Waals surface area contributed by atoms with Crippen molar-refractivity contribution in [3.05, 3.63) is 30.5 Å². The topological polar surface area (TPSA) is 114 Å². The molecule has 0 radical (unpaired) electrons. The summed E-state index contributed by atoms with van der Waals surface area (Å²) in [6.07, 6.45) is 1.48. The highest BCUT2D eigenvalue weighted by Gasteiger charge is 2.06. The maximum atomic E-state index is 5.26. The molecular formula is C12H14N6OS. The second-order valence-corrected chi connectivity index (χ2v) is 4.25. The zero-order chi connectivity index (χ0) is 14.5. The molecule has 2 aromatic rings. The molecule has 1 heterocycles. The molecule has 0 aliphatic carbocycles. The summed E-state index contributed by atoms with van der Waals surface area (Å²) in [5.41, 5.74) is 12.9. The number of guanidine groups is 1. The van der Waals surface area contributed by atoms with E-state index in [9.17, 15) is 0 Å². The number of hydrogen-bond donors (Lipinski definition) is 4. The third-order valence-corrected chi connectivity index (χ3v) is 2.67. The zero-order valence-corrected chi connectivity index (χ0v) is 11.6. The summed E-state index contributed by atoms with van der Waals surface area (Å²) in [4.78, 5) is 7.91. The van der Waals surface area contributed by atoms with Gasteiger partial charge in [-0.15, -0.1) is 0 Å². The molecule has 6 N–H and O–H groups in total. The summed E-state index contributed by atoms with van der Waals surface area (Å²) < 4.78 is 5.15. The van der Waals surface area contributed by atoms with Gasteiger partial charge in [0.2, 0.25) is 0 Å². The number of rotatable bonds is 3. The predicted octanol–water partition coefficient (Wildman–Crippen LogP) is 1.16. The maximum absolute atomic E-state index is 5.26. The van der Waals surface area contributed by atoms with E-state index < -0.39 is 0 Å². The van der Waals surface area contributed by atoms with Gasteiger partial charge < -0.3 is 26.5 Å². The van der Waals surface area contributed by atoms with E-state index in [1.54, 1.807) is 7.05 Å². The minimum absolute atomic E-state index is 0.104. The lowest BCUT2D eigenvalue weighted by Gasteiger charge is -2.07. The van der Waals surface area contributed by atoms with Crippen molar-refractivity contribution in [2.75, 3.05) is 12.4 Å². The van der Waals surface area contributed by atoms with E-state index in [0.717, 1.165) is 11.3 Å². The summed E-state index contributed by atoms with van der Waals surface area (Å²) in [7, 11) is 1.75. The Hall–Kier alpha value is -2.61. The van der Waals surface area contributed by atoms with Crippen molar-refractivity contribution < 1.29 is 4.42 Å². The summed E-state index contributed by atoms with van der Waals surface area (Å²) in [6.45, 7) is 0. The van der Waals surface area contributed by atoms with E-state index in [1.165, 1.54) is 6.26 Å². The Morgan fingerprint density at radius 3 is 2.90 bits per heavy atom. The van der Waals surface area contributed by atoms with Gasteiger partial charge in [-0.1, -0.05) is 12.1 Å². The van der Waals surface area contributed by atoms with Crippen LogP contribution in [0.5, 0.6) is 0 Å². The van der Waals surface area contributed by atoms with Gasteiger partial charge in [0.1, 0.15) is 12.0 Å². The van der Waals surface area contributed by atoms with Crippen LogP contribution in [0.4, 0.5) is 11.7 Å². The summed E-state index contributed by atoms with van der Waals surface area (Å²) in [5.74, 6) is -0.104. The van der Waals surface area contributed by atoms with Crippen molar-refractivity contribution in [3.63, 3.8) is 0 Å². The molecule has 104 valence electrons. The molecule has 0 unspecified atom stereocenters. The number of oxazole rings is 1. The van der Waals surface area contributed by atoms with Crippen molar-refractivity contribution in [1.82, 2.24) is 10.3 Å². The predicted molar refractivity (Wildman–Crippen MR) is 82.7 cm³/mol. The number of nitrogens with zero attached hydrogens (tertiary/aromatic N) is 2. The molecule has 0 atom stereocenters. The van der Waals surface area contributed by atoms with Crippen LogP contribution in [0.25, 0.3) is 11.3 Å². The molecule has 1 aromatic heterocycles. The number of hydrogen-bond acceptors (Lipinski definition) is 4. The highest BCUT2D eigenvalue weighted by molar-refractivity contribution is 7.80. The van der Waals surface area contributed by atoms with Crippen LogP contribution in [-0.4, -0.2) is 23.1 Å². The van der Waals surface area contributed by atoms with Gasteiger partial charge in [0.05, 0.1) is 0 Å². The molecule has 0 spiro atoms. The minimum atomic E-state index is -0.104. The lowest BCUT2D eigenvalue weighted by atomic mass is 10.1. The summed E-state index contributed by atoms with van der Waals surface area (Å²) in [6, 6.07) is 7.67. The number of nitrogens with one attached hydrogen (secondary N) is 2. The van der Waals surface area contributed by atoms with E-state index in [0.29, 0.717) is 10.8 Å². The molecule has 0 aliphatic rings. The molecule has 1 aromatic carbocycles. The first-order valence-electron chi connectivity index (χ1n) is 5.73. The lowest BCUT2D eigenvalue weighted by Crippen LogP contribution is -2.24. The third-order valence-electron chi connectivity index (χ3n) is 2.36. The Labute approximate surface area is 121 Å². The average Bonchev–Trinajstić information content (AvgIpc) is 2.86. The van der Waals surface area contributed by atoms with Gasteiger partial charge >= 0.3 is 6.01 Å². The quantitative estimate of drug-likeness (QED) is 0.381. The van der Waals surface area contributed by atoms with Crippen LogP contribution in [0.1, 0.15) is 0 Å². The summed E-state index contributed by atoms with van der Waals surface area (Å²) in [5, 5.41) is 6.41. The Balaban J connectivity index is 2.24. The standard InChI is InChI=1S/C12H14N6OS/c1-15-12(20)16-8-4-2-3-7(5-8)9-6-19-11(17-9)18-10(13)14/h2-6H,1H3,(H2,15,16,20)(H4,13,14,17,18). The average molecular weight is 290 g/mol. The minimum Gasteiger partial charge on any atom is -0.430 e. The number of benzene rings is 1. The molecular weight excluding hydrogens is 276 g/mol. The Morgan fingerprint density at radius 1 is 1.40 bits per heavy atom. The Morgan fingerprint density at radius 2 is 2.20 bits per heavy atom. The first-order chi connectivity index (χ1) is 9.58. The highest BCUT2D eigenvalue weighted by Crippen LogP contribution is 2.24. The first-order valence-corrected chi connectivity index (χ1v) is 6.13. The lowest BCUT2D eigenvalue weighted by molar-refractivity contribution is 0.570. The van der Waals surface area contributed by atoms with Crippen molar-refractivity contribution in [1.29, 1.82) is 0 Å². The number of anilines is 1. The van der Waals surface area contributed by atoms with Crippen LogP contribution in [0.2, 0.25) is 0 Å². The largest absolute Gasteiger partial charge is 0.430 e. The Bertz CT molecular complexity index is 647. The monoisotopic (exact) mass is 290 g/mol. The van der Waals surface area contributed by atoms with Crippen LogP contribution < -0.4 is 22.1 Å². The smallest absolute Gasteiger partial charge is 0.325 e. The van der Waals surface area contributed by atoms with Crippen LogP contribution in [0, 0.1) is 0 Å². The van der Waals surface area contributed by atoms with Crippen LogP contribution >= 0.6 is 12.2 Å².